The van der Waals surface area contributed by atoms with Gasteiger partial charge >= 0.3 is 0 Å². The van der Waals surface area contributed by atoms with Gasteiger partial charge in [-0.3, -0.25) is 4.90 Å². The largest absolute Gasteiger partial charge is 0.383 e. The van der Waals surface area contributed by atoms with Crippen LogP contribution in [0.3, 0.4) is 0 Å². The van der Waals surface area contributed by atoms with Gasteiger partial charge in [0.15, 0.2) is 0 Å². The Morgan fingerprint density at radius 2 is 2.00 bits per heavy atom. The van der Waals surface area contributed by atoms with Gasteiger partial charge in [-0.15, -0.1) is 24.8 Å². The van der Waals surface area contributed by atoms with Crippen LogP contribution in [0.1, 0.15) is 5.56 Å². The summed E-state index contributed by atoms with van der Waals surface area (Å²) in [7, 11) is 1.68. The number of hydrogen-bond acceptors (Lipinski definition) is 4. The van der Waals surface area contributed by atoms with Crippen LogP contribution < -0.4 is 5.73 Å². The minimum atomic E-state index is -0.936. The fourth-order valence-electron chi connectivity index (χ4n) is 2.37. The van der Waals surface area contributed by atoms with Crippen molar-refractivity contribution in [2.24, 2.45) is 5.73 Å². The Morgan fingerprint density at radius 1 is 1.37 bits per heavy atom. The maximum atomic E-state index is 10.7. The van der Waals surface area contributed by atoms with Crippen LogP contribution in [0.15, 0.2) is 30.3 Å². The molecular weight excluding hydrogens is 287 g/mol. The normalized spacial score (nSPS) is 26.6. The quantitative estimate of drug-likeness (QED) is 0.871. The van der Waals surface area contributed by atoms with Gasteiger partial charge in [-0.2, -0.15) is 0 Å². The summed E-state index contributed by atoms with van der Waals surface area (Å²) in [5.74, 6) is 0. The molecule has 1 aromatic carbocycles. The molecule has 6 heteroatoms. The molecule has 0 bridgehead atoms. The molecule has 1 heterocycles. The van der Waals surface area contributed by atoms with Gasteiger partial charge in [0.25, 0.3) is 0 Å². The van der Waals surface area contributed by atoms with Crippen LogP contribution in [0.2, 0.25) is 0 Å². The number of rotatable bonds is 4. The number of β-amino-alcohol motifs (C(OH)–C–C–N with tert-alkyl or cyclic N) is 1. The second-order valence-electron chi connectivity index (χ2n) is 4.62. The van der Waals surface area contributed by atoms with E-state index in [4.69, 9.17) is 10.5 Å². The fraction of sp³-hybridized carbons (Fsp3) is 0.538. The molecule has 2 rings (SSSR count). The first-order valence-corrected chi connectivity index (χ1v) is 5.91. The van der Waals surface area contributed by atoms with Crippen molar-refractivity contribution in [3.63, 3.8) is 0 Å². The van der Waals surface area contributed by atoms with Crippen LogP contribution in [0.4, 0.5) is 0 Å². The third-order valence-electron chi connectivity index (χ3n) is 3.42. The highest BCUT2D eigenvalue weighted by molar-refractivity contribution is 5.85. The van der Waals surface area contributed by atoms with E-state index in [2.05, 4.69) is 4.90 Å². The Bertz CT molecular complexity index is 367. The molecule has 110 valence electrons. The summed E-state index contributed by atoms with van der Waals surface area (Å²) >= 11 is 0. The van der Waals surface area contributed by atoms with Gasteiger partial charge in [0, 0.05) is 26.7 Å². The highest BCUT2D eigenvalue weighted by Crippen LogP contribution is 2.30. The van der Waals surface area contributed by atoms with Crippen molar-refractivity contribution >= 4 is 24.8 Å². The van der Waals surface area contributed by atoms with Crippen molar-refractivity contribution in [3.8, 4) is 0 Å². The van der Waals surface area contributed by atoms with Crippen molar-refractivity contribution in [2.45, 2.75) is 11.6 Å². The first-order valence-electron chi connectivity index (χ1n) is 5.91. The highest BCUT2D eigenvalue weighted by atomic mass is 35.5. The zero-order valence-electron chi connectivity index (χ0n) is 11.0. The molecule has 2 atom stereocenters. The van der Waals surface area contributed by atoms with Gasteiger partial charge in [-0.1, -0.05) is 30.3 Å². The monoisotopic (exact) mass is 308 g/mol. The highest BCUT2D eigenvalue weighted by Gasteiger charge is 2.44. The number of ether oxygens (including phenoxy) is 1. The molecular formula is C13H22Cl2N2O2. The third kappa shape index (κ3) is 4.05. The van der Waals surface area contributed by atoms with Crippen molar-refractivity contribution in [1.82, 2.24) is 4.90 Å². The molecule has 0 radical (unpaired) electrons. The molecule has 1 saturated heterocycles. The summed E-state index contributed by atoms with van der Waals surface area (Å²) < 4.78 is 5.05. The van der Waals surface area contributed by atoms with E-state index in [-0.39, 0.29) is 30.9 Å². The lowest BCUT2D eigenvalue weighted by Crippen LogP contribution is -2.44. The number of halogens is 2. The molecule has 3 N–H and O–H groups in total. The smallest absolute Gasteiger partial charge is 0.118 e. The standard InChI is InChI=1S/C13H20N2O2.2ClH/c1-17-8-7-15-9-12(14)13(16,10-15)11-5-3-2-4-6-11;;/h2-6,12,16H,7-10,14H2,1H3;2*1H. The minimum absolute atomic E-state index is 0. The van der Waals surface area contributed by atoms with Gasteiger partial charge in [-0.25, -0.2) is 0 Å². The van der Waals surface area contributed by atoms with Gasteiger partial charge in [0.2, 0.25) is 0 Å². The number of aliphatic hydroxyl groups is 1. The molecule has 1 aliphatic rings. The summed E-state index contributed by atoms with van der Waals surface area (Å²) in [6.45, 7) is 2.74. The number of hydrogen-bond donors (Lipinski definition) is 2. The van der Waals surface area contributed by atoms with Crippen LogP contribution in [-0.4, -0.2) is 49.4 Å². The molecule has 4 nitrogen and oxygen atoms in total. The van der Waals surface area contributed by atoms with Crippen LogP contribution in [0.5, 0.6) is 0 Å². The lowest BCUT2D eigenvalue weighted by molar-refractivity contribution is 0.0309. The summed E-state index contributed by atoms with van der Waals surface area (Å²) in [5, 5.41) is 10.7. The van der Waals surface area contributed by atoms with E-state index in [0.29, 0.717) is 19.7 Å². The molecule has 0 aromatic heterocycles. The zero-order valence-corrected chi connectivity index (χ0v) is 12.6. The molecule has 1 fully saturated rings. The Morgan fingerprint density at radius 3 is 2.58 bits per heavy atom. The number of benzene rings is 1. The Labute approximate surface area is 126 Å². The first-order chi connectivity index (χ1) is 8.16. The molecule has 0 amide bonds. The predicted molar refractivity (Wildman–Crippen MR) is 81.1 cm³/mol. The lowest BCUT2D eigenvalue weighted by Gasteiger charge is -2.27. The third-order valence-corrected chi connectivity index (χ3v) is 3.42. The fourth-order valence-corrected chi connectivity index (χ4v) is 2.37. The topological polar surface area (TPSA) is 58.7 Å². The van der Waals surface area contributed by atoms with E-state index in [1.807, 2.05) is 30.3 Å². The average Bonchev–Trinajstić information content (AvgIpc) is 2.65. The van der Waals surface area contributed by atoms with E-state index in [1.165, 1.54) is 0 Å². The summed E-state index contributed by atoms with van der Waals surface area (Å²) in [6.07, 6.45) is 0. The van der Waals surface area contributed by atoms with Crippen molar-refractivity contribution in [2.75, 3.05) is 33.4 Å². The Kier molecular flexibility index (Phi) is 7.89. The molecule has 0 saturated carbocycles. The van der Waals surface area contributed by atoms with E-state index in [0.717, 1.165) is 12.1 Å². The number of nitrogens with two attached hydrogens (primary N) is 1. The Balaban J connectivity index is 0.00000162. The van der Waals surface area contributed by atoms with Crippen LogP contribution >= 0.6 is 24.8 Å². The summed E-state index contributed by atoms with van der Waals surface area (Å²) in [6, 6.07) is 9.41. The van der Waals surface area contributed by atoms with Crippen molar-refractivity contribution in [3.05, 3.63) is 35.9 Å². The SMILES string of the molecule is COCCN1CC(N)C(O)(c2ccccc2)C1.Cl.Cl. The molecule has 0 aliphatic carbocycles. The number of likely N-dealkylation sites (tertiary alicyclic amines) is 1. The second kappa shape index (κ2) is 8.04. The number of methoxy groups -OCH3 is 1. The van der Waals surface area contributed by atoms with E-state index >= 15 is 0 Å². The Hall–Kier alpha value is -0.360. The maximum absolute atomic E-state index is 10.7. The van der Waals surface area contributed by atoms with Crippen molar-refractivity contribution < 1.29 is 9.84 Å². The zero-order chi connectivity index (χ0) is 12.3. The molecule has 1 aliphatic heterocycles. The number of nitrogens with zero attached hydrogens (tertiary/aromatic N) is 1. The van der Waals surface area contributed by atoms with Gasteiger partial charge in [-0.05, 0) is 5.56 Å². The summed E-state index contributed by atoms with van der Waals surface area (Å²) in [5.41, 5.74) is 6.04. The van der Waals surface area contributed by atoms with E-state index < -0.39 is 5.60 Å². The van der Waals surface area contributed by atoms with Gasteiger partial charge in [0.1, 0.15) is 5.60 Å². The van der Waals surface area contributed by atoms with Gasteiger partial charge < -0.3 is 15.6 Å². The summed E-state index contributed by atoms with van der Waals surface area (Å²) in [4.78, 5) is 2.14. The van der Waals surface area contributed by atoms with E-state index in [1.54, 1.807) is 7.11 Å². The van der Waals surface area contributed by atoms with Crippen LogP contribution in [0.25, 0.3) is 0 Å². The van der Waals surface area contributed by atoms with Crippen LogP contribution in [0, 0.1) is 0 Å². The minimum Gasteiger partial charge on any atom is -0.383 e. The van der Waals surface area contributed by atoms with Gasteiger partial charge in [0.05, 0.1) is 12.6 Å². The molecule has 0 spiro atoms. The van der Waals surface area contributed by atoms with Crippen LogP contribution in [-0.2, 0) is 10.3 Å². The molecule has 2 unspecified atom stereocenters. The van der Waals surface area contributed by atoms with E-state index in [9.17, 15) is 5.11 Å². The maximum Gasteiger partial charge on any atom is 0.118 e. The van der Waals surface area contributed by atoms with Crippen molar-refractivity contribution in [1.29, 1.82) is 0 Å². The second-order valence-corrected chi connectivity index (χ2v) is 4.62. The lowest BCUT2D eigenvalue weighted by atomic mass is 9.90. The predicted octanol–water partition coefficient (Wildman–Crippen LogP) is 1.01. The first kappa shape index (κ1) is 18.6. The average molecular weight is 309 g/mol. The molecule has 1 aromatic rings. The molecule has 19 heavy (non-hydrogen) atoms.